The first-order valence-electron chi connectivity index (χ1n) is 10.7. The molecule has 2 aliphatic rings. The van der Waals surface area contributed by atoms with E-state index in [9.17, 15) is 14.4 Å². The summed E-state index contributed by atoms with van der Waals surface area (Å²) in [6, 6.07) is 16.6. The SMILES string of the molecule is CCOC(=O)c1ccc(N2C(=O)CC(c3ccccc3)C3=C2CC(C)(C)CC3=O)cc1. The fourth-order valence-electron chi connectivity index (χ4n) is 4.65. The molecule has 0 aromatic heterocycles. The number of carbonyl (C=O) groups is 3. The van der Waals surface area contributed by atoms with Gasteiger partial charge in [-0.3, -0.25) is 14.5 Å². The number of hydrogen-bond donors (Lipinski definition) is 0. The van der Waals surface area contributed by atoms with Crippen LogP contribution in [0.2, 0.25) is 0 Å². The molecule has 0 radical (unpaired) electrons. The van der Waals surface area contributed by atoms with Crippen molar-refractivity contribution in [1.82, 2.24) is 0 Å². The van der Waals surface area contributed by atoms with Crippen LogP contribution < -0.4 is 4.90 Å². The highest BCUT2D eigenvalue weighted by Crippen LogP contribution is 2.48. The van der Waals surface area contributed by atoms with Crippen molar-refractivity contribution in [3.63, 3.8) is 0 Å². The molecule has 5 nitrogen and oxygen atoms in total. The molecule has 1 heterocycles. The van der Waals surface area contributed by atoms with Gasteiger partial charge in [0.15, 0.2) is 5.78 Å². The van der Waals surface area contributed by atoms with E-state index in [1.807, 2.05) is 30.3 Å². The molecular weight excluding hydrogens is 390 g/mol. The summed E-state index contributed by atoms with van der Waals surface area (Å²) in [5, 5.41) is 0. The molecule has 1 atom stereocenters. The van der Waals surface area contributed by atoms with Crippen LogP contribution in [0.4, 0.5) is 5.69 Å². The molecule has 0 fully saturated rings. The fourth-order valence-corrected chi connectivity index (χ4v) is 4.65. The van der Waals surface area contributed by atoms with Crippen molar-refractivity contribution in [2.24, 2.45) is 5.41 Å². The third kappa shape index (κ3) is 4.05. The van der Waals surface area contributed by atoms with Gasteiger partial charge in [-0.2, -0.15) is 0 Å². The monoisotopic (exact) mass is 417 g/mol. The lowest BCUT2D eigenvalue weighted by atomic mass is 9.69. The molecule has 31 heavy (non-hydrogen) atoms. The van der Waals surface area contributed by atoms with Crippen LogP contribution in [0.15, 0.2) is 65.9 Å². The highest BCUT2D eigenvalue weighted by Gasteiger charge is 2.44. The van der Waals surface area contributed by atoms with E-state index >= 15 is 0 Å². The van der Waals surface area contributed by atoms with E-state index in [1.54, 1.807) is 36.1 Å². The van der Waals surface area contributed by atoms with Crippen molar-refractivity contribution in [2.45, 2.75) is 46.0 Å². The molecule has 0 N–H and O–H groups in total. The Bertz CT molecular complexity index is 1050. The van der Waals surface area contributed by atoms with E-state index in [4.69, 9.17) is 4.74 Å². The lowest BCUT2D eigenvalue weighted by molar-refractivity contribution is -0.121. The lowest BCUT2D eigenvalue weighted by Crippen LogP contribution is -2.43. The van der Waals surface area contributed by atoms with Crippen LogP contribution >= 0.6 is 0 Å². The first kappa shape index (κ1) is 21.0. The number of hydrogen-bond acceptors (Lipinski definition) is 4. The fraction of sp³-hybridized carbons (Fsp3) is 0.346. The topological polar surface area (TPSA) is 63.7 Å². The Kier molecular flexibility index (Phi) is 5.52. The van der Waals surface area contributed by atoms with Gasteiger partial charge in [-0.25, -0.2) is 4.79 Å². The van der Waals surface area contributed by atoms with Crippen molar-refractivity contribution in [3.8, 4) is 0 Å². The van der Waals surface area contributed by atoms with E-state index in [0.29, 0.717) is 30.7 Å². The molecule has 1 aliphatic carbocycles. The highest BCUT2D eigenvalue weighted by molar-refractivity contribution is 6.08. The summed E-state index contributed by atoms with van der Waals surface area (Å²) < 4.78 is 5.05. The molecule has 1 amide bonds. The summed E-state index contributed by atoms with van der Waals surface area (Å²) in [4.78, 5) is 40.3. The van der Waals surface area contributed by atoms with Crippen LogP contribution in [-0.4, -0.2) is 24.3 Å². The summed E-state index contributed by atoms with van der Waals surface area (Å²) in [7, 11) is 0. The third-order valence-electron chi connectivity index (χ3n) is 5.98. The van der Waals surface area contributed by atoms with Gasteiger partial charge in [-0.05, 0) is 48.6 Å². The Morgan fingerprint density at radius 1 is 1.03 bits per heavy atom. The molecule has 2 aromatic rings. The van der Waals surface area contributed by atoms with Crippen LogP contribution in [0, 0.1) is 5.41 Å². The second-order valence-electron chi connectivity index (χ2n) is 8.97. The number of nitrogens with zero attached hydrogens (tertiary/aromatic N) is 1. The van der Waals surface area contributed by atoms with Gasteiger partial charge in [0.2, 0.25) is 5.91 Å². The summed E-state index contributed by atoms with van der Waals surface area (Å²) in [6.45, 7) is 6.19. The predicted octanol–water partition coefficient (Wildman–Crippen LogP) is 5.03. The Morgan fingerprint density at radius 3 is 2.35 bits per heavy atom. The number of carbonyl (C=O) groups excluding carboxylic acids is 3. The quantitative estimate of drug-likeness (QED) is 0.655. The minimum Gasteiger partial charge on any atom is -0.462 e. The first-order valence-corrected chi connectivity index (χ1v) is 10.7. The molecule has 160 valence electrons. The molecule has 1 unspecified atom stereocenters. The van der Waals surface area contributed by atoms with Gasteiger partial charge in [-0.1, -0.05) is 44.2 Å². The molecule has 0 saturated heterocycles. The minimum absolute atomic E-state index is 0.0398. The first-order chi connectivity index (χ1) is 14.8. The van der Waals surface area contributed by atoms with Crippen molar-refractivity contribution in [1.29, 1.82) is 0 Å². The minimum atomic E-state index is -0.392. The molecule has 4 rings (SSSR count). The number of benzene rings is 2. The molecule has 1 aliphatic heterocycles. The summed E-state index contributed by atoms with van der Waals surface area (Å²) in [6.07, 6.45) is 1.36. The van der Waals surface area contributed by atoms with Gasteiger partial charge in [0.05, 0.1) is 12.2 Å². The van der Waals surface area contributed by atoms with Gasteiger partial charge < -0.3 is 4.74 Å². The third-order valence-corrected chi connectivity index (χ3v) is 5.98. The predicted molar refractivity (Wildman–Crippen MR) is 119 cm³/mol. The number of amides is 1. The zero-order valence-electron chi connectivity index (χ0n) is 18.2. The molecule has 0 spiro atoms. The van der Waals surface area contributed by atoms with E-state index < -0.39 is 5.97 Å². The molecule has 0 saturated carbocycles. The maximum absolute atomic E-state index is 13.4. The van der Waals surface area contributed by atoms with Crippen molar-refractivity contribution >= 4 is 23.3 Å². The Balaban J connectivity index is 1.79. The van der Waals surface area contributed by atoms with Gasteiger partial charge in [0.25, 0.3) is 0 Å². The maximum Gasteiger partial charge on any atom is 0.338 e. The van der Waals surface area contributed by atoms with Crippen LogP contribution in [0.5, 0.6) is 0 Å². The lowest BCUT2D eigenvalue weighted by Gasteiger charge is -2.43. The van der Waals surface area contributed by atoms with E-state index in [2.05, 4.69) is 13.8 Å². The normalized spacial score (nSPS) is 20.5. The van der Waals surface area contributed by atoms with E-state index in [-0.39, 0.29) is 29.4 Å². The second-order valence-corrected chi connectivity index (χ2v) is 8.97. The van der Waals surface area contributed by atoms with Gasteiger partial charge >= 0.3 is 5.97 Å². The van der Waals surface area contributed by atoms with Crippen molar-refractivity contribution < 1.29 is 19.1 Å². The van der Waals surface area contributed by atoms with Crippen LogP contribution in [0.3, 0.4) is 0 Å². The average molecular weight is 418 g/mol. The number of rotatable bonds is 4. The van der Waals surface area contributed by atoms with Crippen molar-refractivity contribution in [3.05, 3.63) is 77.0 Å². The number of allylic oxidation sites excluding steroid dienone is 2. The van der Waals surface area contributed by atoms with Gasteiger partial charge in [0, 0.05) is 35.7 Å². The Labute approximate surface area is 182 Å². The summed E-state index contributed by atoms with van der Waals surface area (Å²) in [5.74, 6) is -0.540. The Hall–Kier alpha value is -3.21. The van der Waals surface area contributed by atoms with Gasteiger partial charge in [0.1, 0.15) is 0 Å². The van der Waals surface area contributed by atoms with E-state index in [0.717, 1.165) is 16.8 Å². The number of Topliss-reactive ketones (excluding diaryl/α,β-unsaturated/α-hetero) is 1. The number of esters is 1. The highest BCUT2D eigenvalue weighted by atomic mass is 16.5. The molecule has 5 heteroatoms. The maximum atomic E-state index is 13.4. The smallest absolute Gasteiger partial charge is 0.338 e. The molecular formula is C26H27NO4. The summed E-state index contributed by atoms with van der Waals surface area (Å²) >= 11 is 0. The van der Waals surface area contributed by atoms with Crippen LogP contribution in [-0.2, 0) is 14.3 Å². The number of ketones is 1. The zero-order valence-corrected chi connectivity index (χ0v) is 18.2. The standard InChI is InChI=1S/C26H27NO4/c1-4-31-25(30)18-10-12-19(13-11-18)27-21-15-26(2,3)16-22(28)24(21)20(14-23(27)29)17-8-6-5-7-9-17/h5-13,20H,4,14-16H2,1-3H3. The second kappa shape index (κ2) is 8.14. The summed E-state index contributed by atoms with van der Waals surface area (Å²) in [5.41, 5.74) is 3.41. The Morgan fingerprint density at radius 2 is 1.71 bits per heavy atom. The molecule has 2 aromatic carbocycles. The van der Waals surface area contributed by atoms with Crippen LogP contribution in [0.25, 0.3) is 0 Å². The van der Waals surface area contributed by atoms with Crippen LogP contribution in [0.1, 0.15) is 61.9 Å². The number of ether oxygens (including phenoxy) is 1. The largest absolute Gasteiger partial charge is 0.462 e. The zero-order chi connectivity index (χ0) is 22.2. The van der Waals surface area contributed by atoms with Gasteiger partial charge in [-0.15, -0.1) is 0 Å². The molecule has 0 bridgehead atoms. The van der Waals surface area contributed by atoms with Crippen molar-refractivity contribution in [2.75, 3.05) is 11.5 Å². The average Bonchev–Trinajstić information content (AvgIpc) is 2.73. The number of anilines is 1. The van der Waals surface area contributed by atoms with E-state index in [1.165, 1.54) is 0 Å².